The lowest BCUT2D eigenvalue weighted by atomic mass is 9.99. The fourth-order valence-electron chi connectivity index (χ4n) is 2.35. The first-order chi connectivity index (χ1) is 11.3. The quantitative estimate of drug-likeness (QED) is 0.806. The Bertz CT molecular complexity index is 786. The third-order valence-corrected chi connectivity index (χ3v) is 5.39. The van der Waals surface area contributed by atoms with Crippen molar-refractivity contribution < 1.29 is 18.3 Å². The van der Waals surface area contributed by atoms with Gasteiger partial charge in [-0.15, -0.1) is 0 Å². The number of nitrogens with one attached hydrogen (secondary N) is 1. The van der Waals surface area contributed by atoms with Crippen LogP contribution in [0.25, 0.3) is 0 Å². The van der Waals surface area contributed by atoms with E-state index in [0.29, 0.717) is 6.42 Å². The summed E-state index contributed by atoms with van der Waals surface area (Å²) in [5.74, 6) is -1.28. The highest BCUT2D eigenvalue weighted by atomic mass is 32.2. The highest BCUT2D eigenvalue weighted by Gasteiger charge is 2.18. The molecule has 5 nitrogen and oxygen atoms in total. The molecule has 2 aromatic carbocycles. The molecular formula is C18H21NO4S. The molecule has 0 aliphatic rings. The Morgan fingerprint density at radius 3 is 2.17 bits per heavy atom. The van der Waals surface area contributed by atoms with Gasteiger partial charge in [0.15, 0.2) is 0 Å². The topological polar surface area (TPSA) is 83.5 Å². The average molecular weight is 347 g/mol. The van der Waals surface area contributed by atoms with Crippen LogP contribution in [0.1, 0.15) is 31.0 Å². The second-order valence-electron chi connectivity index (χ2n) is 5.84. The van der Waals surface area contributed by atoms with E-state index in [-0.39, 0.29) is 10.9 Å². The molecule has 0 saturated carbocycles. The number of hydrogen-bond acceptors (Lipinski definition) is 3. The zero-order valence-electron chi connectivity index (χ0n) is 13.6. The van der Waals surface area contributed by atoms with Crippen LogP contribution in [0.5, 0.6) is 0 Å². The van der Waals surface area contributed by atoms with Gasteiger partial charge in [-0.25, -0.2) is 13.1 Å². The molecule has 0 aliphatic heterocycles. The fourth-order valence-corrected chi connectivity index (χ4v) is 3.60. The first-order valence-corrected chi connectivity index (χ1v) is 9.17. The number of benzene rings is 2. The normalized spacial score (nSPS) is 14.1. The Hall–Kier alpha value is -2.18. The molecule has 2 N–H and O–H groups in total. The molecule has 0 aliphatic carbocycles. The predicted molar refractivity (Wildman–Crippen MR) is 92.1 cm³/mol. The Morgan fingerprint density at radius 1 is 1.04 bits per heavy atom. The average Bonchev–Trinajstić information content (AvgIpc) is 2.55. The summed E-state index contributed by atoms with van der Waals surface area (Å²) in [5, 5.41) is 8.95. The number of sulfonamides is 1. The van der Waals surface area contributed by atoms with Crippen LogP contribution < -0.4 is 4.72 Å². The highest BCUT2D eigenvalue weighted by Crippen LogP contribution is 2.18. The molecule has 2 atom stereocenters. The SMILES string of the molecule is CC(Cc1ccc(C(C)NS(=O)(=O)c2ccccc2)cc1)C(=O)O. The number of aliphatic carboxylic acids is 1. The lowest BCUT2D eigenvalue weighted by Gasteiger charge is -2.15. The zero-order valence-corrected chi connectivity index (χ0v) is 14.5. The monoisotopic (exact) mass is 347 g/mol. The Kier molecular flexibility index (Phi) is 5.75. The summed E-state index contributed by atoms with van der Waals surface area (Å²) in [7, 11) is -3.58. The van der Waals surface area contributed by atoms with Gasteiger partial charge in [-0.3, -0.25) is 4.79 Å². The Morgan fingerprint density at radius 2 is 1.62 bits per heavy atom. The number of carboxylic acids is 1. The van der Waals surface area contributed by atoms with Crippen LogP contribution in [0.15, 0.2) is 59.5 Å². The van der Waals surface area contributed by atoms with E-state index in [0.717, 1.165) is 11.1 Å². The molecule has 0 bridgehead atoms. The van der Waals surface area contributed by atoms with Gasteiger partial charge in [0.1, 0.15) is 0 Å². The zero-order chi connectivity index (χ0) is 17.7. The van der Waals surface area contributed by atoms with Crippen molar-refractivity contribution in [2.45, 2.75) is 31.2 Å². The van der Waals surface area contributed by atoms with E-state index in [2.05, 4.69) is 4.72 Å². The van der Waals surface area contributed by atoms with Gasteiger partial charge in [0.2, 0.25) is 10.0 Å². The molecule has 6 heteroatoms. The second-order valence-corrected chi connectivity index (χ2v) is 7.55. The maximum atomic E-state index is 12.3. The molecule has 2 aromatic rings. The van der Waals surface area contributed by atoms with E-state index in [9.17, 15) is 13.2 Å². The second kappa shape index (κ2) is 7.59. The minimum atomic E-state index is -3.58. The summed E-state index contributed by atoms with van der Waals surface area (Å²) < 4.78 is 27.3. The third-order valence-electron chi connectivity index (χ3n) is 3.83. The molecular weight excluding hydrogens is 326 g/mol. The van der Waals surface area contributed by atoms with Gasteiger partial charge >= 0.3 is 5.97 Å². The van der Waals surface area contributed by atoms with E-state index >= 15 is 0 Å². The maximum Gasteiger partial charge on any atom is 0.306 e. The van der Waals surface area contributed by atoms with Gasteiger partial charge < -0.3 is 5.11 Å². The molecule has 0 amide bonds. The fraction of sp³-hybridized carbons (Fsp3) is 0.278. The van der Waals surface area contributed by atoms with Crippen molar-refractivity contribution in [3.05, 3.63) is 65.7 Å². The lowest BCUT2D eigenvalue weighted by molar-refractivity contribution is -0.141. The summed E-state index contributed by atoms with van der Waals surface area (Å²) >= 11 is 0. The van der Waals surface area contributed by atoms with Crippen molar-refractivity contribution in [3.63, 3.8) is 0 Å². The van der Waals surface area contributed by atoms with E-state index in [1.54, 1.807) is 44.2 Å². The van der Waals surface area contributed by atoms with Crippen molar-refractivity contribution >= 4 is 16.0 Å². The molecule has 0 spiro atoms. The van der Waals surface area contributed by atoms with Gasteiger partial charge in [0, 0.05) is 6.04 Å². The molecule has 128 valence electrons. The molecule has 0 fully saturated rings. The summed E-state index contributed by atoms with van der Waals surface area (Å²) in [5.41, 5.74) is 1.73. The van der Waals surface area contributed by atoms with Crippen LogP contribution in [-0.2, 0) is 21.2 Å². The highest BCUT2D eigenvalue weighted by molar-refractivity contribution is 7.89. The number of hydrogen-bond donors (Lipinski definition) is 2. The Labute approximate surface area is 142 Å². The molecule has 2 rings (SSSR count). The van der Waals surface area contributed by atoms with Crippen LogP contribution in [0.3, 0.4) is 0 Å². The molecule has 0 heterocycles. The maximum absolute atomic E-state index is 12.3. The van der Waals surface area contributed by atoms with E-state index in [4.69, 9.17) is 5.11 Å². The van der Waals surface area contributed by atoms with Crippen molar-refractivity contribution in [3.8, 4) is 0 Å². The summed E-state index contributed by atoms with van der Waals surface area (Å²) in [4.78, 5) is 11.1. The molecule has 0 radical (unpaired) electrons. The van der Waals surface area contributed by atoms with Gasteiger partial charge in [-0.05, 0) is 36.6 Å². The van der Waals surface area contributed by atoms with Crippen LogP contribution in [0.2, 0.25) is 0 Å². The number of carbonyl (C=O) groups is 1. The van der Waals surface area contributed by atoms with Crippen LogP contribution in [0, 0.1) is 5.92 Å². The Balaban J connectivity index is 2.08. The van der Waals surface area contributed by atoms with Gasteiger partial charge in [0.25, 0.3) is 0 Å². The number of rotatable bonds is 7. The molecule has 0 aromatic heterocycles. The predicted octanol–water partition coefficient (Wildman–Crippen LogP) is 2.99. The lowest BCUT2D eigenvalue weighted by Crippen LogP contribution is -2.26. The molecule has 0 saturated heterocycles. The summed E-state index contributed by atoms with van der Waals surface area (Å²) in [6, 6.07) is 15.1. The van der Waals surface area contributed by atoms with Gasteiger partial charge in [0.05, 0.1) is 10.8 Å². The van der Waals surface area contributed by atoms with E-state index < -0.39 is 21.9 Å². The molecule has 2 unspecified atom stereocenters. The van der Waals surface area contributed by atoms with Crippen molar-refractivity contribution in [2.75, 3.05) is 0 Å². The first-order valence-electron chi connectivity index (χ1n) is 7.68. The van der Waals surface area contributed by atoms with Gasteiger partial charge in [-0.1, -0.05) is 49.4 Å². The minimum absolute atomic E-state index is 0.226. The van der Waals surface area contributed by atoms with Crippen LogP contribution in [0.4, 0.5) is 0 Å². The number of carboxylic acid groups (broad SMARTS) is 1. The summed E-state index contributed by atoms with van der Waals surface area (Å²) in [6.07, 6.45) is 0.444. The third kappa shape index (κ3) is 4.66. The van der Waals surface area contributed by atoms with E-state index in [1.165, 1.54) is 0 Å². The van der Waals surface area contributed by atoms with E-state index in [1.807, 2.05) is 24.3 Å². The first kappa shape index (κ1) is 18.2. The standard InChI is InChI=1S/C18H21NO4S/c1-13(18(20)21)12-15-8-10-16(11-9-15)14(2)19-24(22,23)17-6-4-3-5-7-17/h3-11,13-14,19H,12H2,1-2H3,(H,20,21). The van der Waals surface area contributed by atoms with Crippen LogP contribution >= 0.6 is 0 Å². The van der Waals surface area contributed by atoms with Crippen molar-refractivity contribution in [1.29, 1.82) is 0 Å². The van der Waals surface area contributed by atoms with Gasteiger partial charge in [-0.2, -0.15) is 0 Å². The molecule has 24 heavy (non-hydrogen) atoms. The smallest absolute Gasteiger partial charge is 0.306 e. The van der Waals surface area contributed by atoms with Crippen LogP contribution in [-0.4, -0.2) is 19.5 Å². The minimum Gasteiger partial charge on any atom is -0.481 e. The largest absolute Gasteiger partial charge is 0.481 e. The van der Waals surface area contributed by atoms with Crippen molar-refractivity contribution in [2.24, 2.45) is 5.92 Å². The summed E-state index contributed by atoms with van der Waals surface area (Å²) in [6.45, 7) is 3.43. The van der Waals surface area contributed by atoms with Crippen molar-refractivity contribution in [1.82, 2.24) is 4.72 Å².